The number of hydrogen-bond acceptors (Lipinski definition) is 6. The van der Waals surface area contributed by atoms with Gasteiger partial charge in [-0.3, -0.25) is 9.59 Å². The molecule has 0 saturated carbocycles. The second-order valence-corrected chi connectivity index (χ2v) is 8.68. The fourth-order valence-electron chi connectivity index (χ4n) is 3.42. The second-order valence-electron chi connectivity index (χ2n) is 7.74. The summed E-state index contributed by atoms with van der Waals surface area (Å²) in [7, 11) is 0. The van der Waals surface area contributed by atoms with Crippen LogP contribution in [0.3, 0.4) is 0 Å². The minimum atomic E-state index is -0.562. The molecule has 3 N–H and O–H groups in total. The predicted octanol–water partition coefficient (Wildman–Crippen LogP) is 4.00. The van der Waals surface area contributed by atoms with Crippen LogP contribution in [-0.4, -0.2) is 32.3 Å². The minimum Gasteiger partial charge on any atom is -0.325 e. The van der Waals surface area contributed by atoms with Crippen molar-refractivity contribution in [1.29, 1.82) is 0 Å². The topological polar surface area (TPSA) is 102 Å². The average Bonchev–Trinajstić information content (AvgIpc) is 3.43. The van der Waals surface area contributed by atoms with E-state index in [2.05, 4.69) is 15.4 Å². The molecule has 8 heteroatoms. The van der Waals surface area contributed by atoms with E-state index in [0.29, 0.717) is 34.1 Å². The van der Waals surface area contributed by atoms with Gasteiger partial charge in [0.05, 0.1) is 28.4 Å². The number of anilines is 1. The quantitative estimate of drug-likeness (QED) is 0.429. The zero-order chi connectivity index (χ0) is 22.0. The van der Waals surface area contributed by atoms with Crippen molar-refractivity contribution < 1.29 is 9.59 Å². The van der Waals surface area contributed by atoms with Gasteiger partial charge in [0.1, 0.15) is 0 Å². The first kappa shape index (κ1) is 20.9. The van der Waals surface area contributed by atoms with Gasteiger partial charge in [-0.15, -0.1) is 11.3 Å². The Bertz CT molecular complexity index is 1230. The van der Waals surface area contributed by atoms with Gasteiger partial charge in [0.25, 0.3) is 0 Å². The first-order valence-corrected chi connectivity index (χ1v) is 10.9. The summed E-state index contributed by atoms with van der Waals surface area (Å²) in [4.78, 5) is 30.2. The third-order valence-corrected chi connectivity index (χ3v) is 5.75. The molecule has 0 aliphatic rings. The molecule has 4 aromatic rings. The van der Waals surface area contributed by atoms with Crippen LogP contribution in [0.2, 0.25) is 0 Å². The van der Waals surface area contributed by atoms with E-state index in [4.69, 9.17) is 5.73 Å². The number of nitrogens with two attached hydrogens (primary N) is 1. The smallest absolute Gasteiger partial charge is 0.241 e. The van der Waals surface area contributed by atoms with Crippen molar-refractivity contribution in [1.82, 2.24) is 14.6 Å². The maximum absolute atomic E-state index is 12.8. The number of nitrogens with zero attached hydrogens (tertiary/aromatic N) is 3. The Balaban J connectivity index is 1.65. The Hall–Kier alpha value is -3.36. The summed E-state index contributed by atoms with van der Waals surface area (Å²) in [6, 6.07) is 12.3. The molecule has 7 nitrogen and oxygen atoms in total. The van der Waals surface area contributed by atoms with Crippen molar-refractivity contribution >= 4 is 34.4 Å². The number of fused-ring (bicyclic) bond motifs is 1. The molecule has 4 rings (SSSR count). The van der Waals surface area contributed by atoms with E-state index in [1.807, 2.05) is 55.6 Å². The number of carbonyl (C=O) groups excluding carboxylic acids is 2. The molecular formula is C23H23N5O2S. The third-order valence-electron chi connectivity index (χ3n) is 4.88. The molecule has 0 spiro atoms. The molecule has 1 amide bonds. The van der Waals surface area contributed by atoms with Gasteiger partial charge >= 0.3 is 0 Å². The van der Waals surface area contributed by atoms with Crippen LogP contribution in [0.5, 0.6) is 0 Å². The summed E-state index contributed by atoms with van der Waals surface area (Å²) in [6.45, 7) is 4.06. The number of rotatable bonds is 7. The van der Waals surface area contributed by atoms with Gasteiger partial charge in [0, 0.05) is 17.4 Å². The Kier molecular flexibility index (Phi) is 5.92. The fraction of sp³-hybridized carbons (Fsp3) is 0.217. The summed E-state index contributed by atoms with van der Waals surface area (Å²) in [5.41, 5.74) is 9.18. The van der Waals surface area contributed by atoms with Crippen LogP contribution in [-0.2, 0) is 4.79 Å². The fourth-order valence-corrected chi connectivity index (χ4v) is 4.09. The first-order chi connectivity index (χ1) is 14.9. The molecule has 0 aliphatic heterocycles. The van der Waals surface area contributed by atoms with E-state index < -0.39 is 6.04 Å². The van der Waals surface area contributed by atoms with Gasteiger partial charge in [-0.1, -0.05) is 32.0 Å². The zero-order valence-electron chi connectivity index (χ0n) is 17.3. The highest BCUT2D eigenvalue weighted by Gasteiger charge is 2.19. The third kappa shape index (κ3) is 4.40. The number of aromatic nitrogens is 3. The van der Waals surface area contributed by atoms with Gasteiger partial charge < -0.3 is 11.1 Å². The molecule has 0 aliphatic carbocycles. The van der Waals surface area contributed by atoms with Crippen LogP contribution in [0.15, 0.2) is 60.2 Å². The summed E-state index contributed by atoms with van der Waals surface area (Å²) in [6.07, 6.45) is 3.82. The predicted molar refractivity (Wildman–Crippen MR) is 122 cm³/mol. The van der Waals surface area contributed by atoms with Gasteiger partial charge in [-0.2, -0.15) is 5.10 Å². The molecule has 0 saturated heterocycles. The molecule has 1 atom stereocenters. The molecule has 158 valence electrons. The van der Waals surface area contributed by atoms with Crippen molar-refractivity contribution in [2.24, 2.45) is 11.7 Å². The lowest BCUT2D eigenvalue weighted by atomic mass is 10.0. The van der Waals surface area contributed by atoms with Gasteiger partial charge in [0.15, 0.2) is 5.65 Å². The molecule has 3 aromatic heterocycles. The number of ketones is 1. The lowest BCUT2D eigenvalue weighted by Crippen LogP contribution is -2.36. The highest BCUT2D eigenvalue weighted by Crippen LogP contribution is 2.25. The molecule has 0 radical (unpaired) electrons. The molecule has 0 bridgehead atoms. The highest BCUT2D eigenvalue weighted by molar-refractivity contribution is 7.12. The maximum Gasteiger partial charge on any atom is 0.241 e. The van der Waals surface area contributed by atoms with Gasteiger partial charge in [-0.05, 0) is 42.0 Å². The van der Waals surface area contributed by atoms with E-state index in [-0.39, 0.29) is 11.7 Å². The van der Waals surface area contributed by atoms with Crippen LogP contribution in [0.1, 0.15) is 35.5 Å². The number of nitrogens with one attached hydrogen (secondary N) is 1. The van der Waals surface area contributed by atoms with Crippen LogP contribution in [0.4, 0.5) is 5.69 Å². The van der Waals surface area contributed by atoms with Crippen molar-refractivity contribution in [2.75, 3.05) is 5.32 Å². The Morgan fingerprint density at radius 2 is 2.03 bits per heavy atom. The van der Waals surface area contributed by atoms with E-state index in [1.54, 1.807) is 23.0 Å². The molecule has 1 aromatic carbocycles. The summed E-state index contributed by atoms with van der Waals surface area (Å²) in [5.74, 6) is 0.0199. The van der Waals surface area contributed by atoms with Crippen LogP contribution in [0.25, 0.3) is 16.9 Å². The van der Waals surface area contributed by atoms with Gasteiger partial charge in [0.2, 0.25) is 11.7 Å². The lowest BCUT2D eigenvalue weighted by Gasteiger charge is -2.15. The normalized spacial score (nSPS) is 12.3. The average molecular weight is 434 g/mol. The molecule has 31 heavy (non-hydrogen) atoms. The number of benzene rings is 1. The van der Waals surface area contributed by atoms with Crippen LogP contribution in [0, 0.1) is 5.92 Å². The SMILES string of the molecule is CC(C)C[C@H](N)C(=O)Nc1cccc(-c2ccnc3c(C(=O)c4cccs4)cnn23)c1. The minimum absolute atomic E-state index is 0.102. The van der Waals surface area contributed by atoms with Crippen LogP contribution < -0.4 is 11.1 Å². The summed E-state index contributed by atoms with van der Waals surface area (Å²) < 4.78 is 1.65. The largest absolute Gasteiger partial charge is 0.325 e. The van der Waals surface area contributed by atoms with Crippen molar-refractivity contribution in [3.8, 4) is 11.3 Å². The summed E-state index contributed by atoms with van der Waals surface area (Å²) >= 11 is 1.39. The van der Waals surface area contributed by atoms with E-state index >= 15 is 0 Å². The Morgan fingerprint density at radius 3 is 2.77 bits per heavy atom. The monoisotopic (exact) mass is 433 g/mol. The number of carbonyl (C=O) groups is 2. The van der Waals surface area contributed by atoms with Crippen molar-refractivity contribution in [2.45, 2.75) is 26.3 Å². The Morgan fingerprint density at radius 1 is 1.19 bits per heavy atom. The first-order valence-electron chi connectivity index (χ1n) is 10.0. The molecule has 0 fully saturated rings. The highest BCUT2D eigenvalue weighted by atomic mass is 32.1. The van der Waals surface area contributed by atoms with Crippen LogP contribution >= 0.6 is 11.3 Å². The maximum atomic E-state index is 12.8. The number of amides is 1. The molecule has 3 heterocycles. The van der Waals surface area contributed by atoms with Gasteiger partial charge in [-0.25, -0.2) is 9.50 Å². The van der Waals surface area contributed by atoms with Crippen molar-refractivity contribution in [3.05, 3.63) is 70.7 Å². The zero-order valence-corrected chi connectivity index (χ0v) is 18.1. The Labute approximate surface area is 183 Å². The van der Waals surface area contributed by atoms with E-state index in [0.717, 1.165) is 11.3 Å². The van der Waals surface area contributed by atoms with E-state index in [9.17, 15) is 9.59 Å². The van der Waals surface area contributed by atoms with E-state index in [1.165, 1.54) is 11.3 Å². The molecular weight excluding hydrogens is 410 g/mol. The van der Waals surface area contributed by atoms with Crippen molar-refractivity contribution in [3.63, 3.8) is 0 Å². The summed E-state index contributed by atoms with van der Waals surface area (Å²) in [5, 5.41) is 9.16. The second kappa shape index (κ2) is 8.79. The number of thiophene rings is 1. The standard InChI is InChI=1S/C23H23N5O2S/c1-14(2)11-18(24)23(30)27-16-6-3-5-15(12-16)19-8-9-25-22-17(13-26-28(19)22)21(29)20-7-4-10-31-20/h3-10,12-14,18H,11,24H2,1-2H3,(H,27,30)/t18-/m0/s1. The molecule has 0 unspecified atom stereocenters. The number of hydrogen-bond donors (Lipinski definition) is 2. The lowest BCUT2D eigenvalue weighted by molar-refractivity contribution is -0.117.